The highest BCUT2D eigenvalue weighted by molar-refractivity contribution is 6.08. The van der Waals surface area contributed by atoms with Crippen molar-refractivity contribution in [1.29, 1.82) is 0 Å². The number of urea groups is 1. The fraction of sp³-hybridized carbons (Fsp3) is 0.222. The largest absolute Gasteiger partial charge is 0.344 e. The molecule has 0 aliphatic carbocycles. The Morgan fingerprint density at radius 2 is 1.39 bits per heavy atom. The summed E-state index contributed by atoms with van der Waals surface area (Å²) in [5.41, 5.74) is 1.89. The summed E-state index contributed by atoms with van der Waals surface area (Å²) in [5.74, 6) is -0.780. The summed E-state index contributed by atoms with van der Waals surface area (Å²) in [6.45, 7) is 1.38. The molecule has 4 rings (SSSR count). The zero-order chi connectivity index (χ0) is 23.3. The average Bonchev–Trinajstić information content (AvgIpc) is 3.06. The van der Waals surface area contributed by atoms with Gasteiger partial charge in [0.1, 0.15) is 12.1 Å². The van der Waals surface area contributed by atoms with E-state index in [1.165, 1.54) is 0 Å². The number of nitrogens with one attached hydrogen (secondary N) is 2. The van der Waals surface area contributed by atoms with Crippen molar-refractivity contribution in [3.8, 4) is 0 Å². The summed E-state index contributed by atoms with van der Waals surface area (Å²) in [6, 6.07) is 28.1. The molecule has 4 amide bonds. The highest BCUT2D eigenvalue weighted by Gasteiger charge is 2.47. The van der Waals surface area contributed by atoms with Crippen LogP contribution in [0.1, 0.15) is 36.1 Å². The van der Waals surface area contributed by atoms with Crippen molar-refractivity contribution in [2.24, 2.45) is 0 Å². The van der Waals surface area contributed by atoms with Crippen molar-refractivity contribution >= 4 is 17.8 Å². The van der Waals surface area contributed by atoms with Gasteiger partial charge >= 0.3 is 6.03 Å². The molecule has 0 unspecified atom stereocenters. The summed E-state index contributed by atoms with van der Waals surface area (Å²) < 4.78 is 0. The van der Waals surface area contributed by atoms with Crippen molar-refractivity contribution in [1.82, 2.24) is 15.5 Å². The number of imide groups is 1. The van der Waals surface area contributed by atoms with Crippen molar-refractivity contribution in [3.05, 3.63) is 108 Å². The average molecular weight is 442 g/mol. The zero-order valence-electron chi connectivity index (χ0n) is 18.5. The lowest BCUT2D eigenvalue weighted by atomic mass is 9.93. The summed E-state index contributed by atoms with van der Waals surface area (Å²) >= 11 is 0. The fourth-order valence-corrected chi connectivity index (χ4v) is 4.10. The van der Waals surface area contributed by atoms with Gasteiger partial charge in [-0.05, 0) is 36.5 Å². The molecule has 1 saturated heterocycles. The molecule has 33 heavy (non-hydrogen) atoms. The first-order valence-corrected chi connectivity index (χ1v) is 11.0. The van der Waals surface area contributed by atoms with Crippen LogP contribution in [0, 0.1) is 0 Å². The van der Waals surface area contributed by atoms with Crippen LogP contribution in [0.15, 0.2) is 91.0 Å². The van der Waals surface area contributed by atoms with Crippen LogP contribution < -0.4 is 10.6 Å². The maximum atomic E-state index is 13.1. The number of hydrogen-bond acceptors (Lipinski definition) is 3. The van der Waals surface area contributed by atoms with E-state index in [-0.39, 0.29) is 18.5 Å². The zero-order valence-corrected chi connectivity index (χ0v) is 18.5. The van der Waals surface area contributed by atoms with Crippen molar-refractivity contribution in [2.45, 2.75) is 31.3 Å². The van der Waals surface area contributed by atoms with Crippen LogP contribution >= 0.6 is 0 Å². The standard InChI is InChI=1S/C27H27N3O3/c1-27(18-17-20-11-5-2-6-12-20)25(32)30(26(33)29-27)19-23(31)28-24(21-13-7-3-8-14-21)22-15-9-4-10-16-22/h2-16,24H,17-19H2,1H3,(H,28,31)(H,29,33)/t27-/m0/s1. The number of carbonyl (C=O) groups excluding carboxylic acids is 3. The van der Waals surface area contributed by atoms with Crippen LogP contribution in [0.5, 0.6) is 0 Å². The van der Waals surface area contributed by atoms with Crippen LogP contribution in [-0.4, -0.2) is 34.8 Å². The first-order chi connectivity index (χ1) is 16.0. The van der Waals surface area contributed by atoms with E-state index in [0.717, 1.165) is 21.6 Å². The maximum absolute atomic E-state index is 13.1. The molecule has 2 N–H and O–H groups in total. The van der Waals surface area contributed by atoms with Gasteiger partial charge in [-0.1, -0.05) is 91.0 Å². The number of rotatable bonds is 8. The third-order valence-electron chi connectivity index (χ3n) is 5.97. The van der Waals surface area contributed by atoms with E-state index in [9.17, 15) is 14.4 Å². The van der Waals surface area contributed by atoms with Crippen LogP contribution in [0.25, 0.3) is 0 Å². The van der Waals surface area contributed by atoms with E-state index in [4.69, 9.17) is 0 Å². The lowest BCUT2D eigenvalue weighted by molar-refractivity contribution is -0.134. The lowest BCUT2D eigenvalue weighted by Crippen LogP contribution is -2.45. The second-order valence-electron chi connectivity index (χ2n) is 8.46. The summed E-state index contributed by atoms with van der Waals surface area (Å²) in [4.78, 5) is 39.6. The molecule has 3 aromatic rings. The molecule has 6 heteroatoms. The molecule has 1 aliphatic rings. The van der Waals surface area contributed by atoms with E-state index >= 15 is 0 Å². The van der Waals surface area contributed by atoms with E-state index < -0.39 is 17.5 Å². The Balaban J connectivity index is 1.44. The van der Waals surface area contributed by atoms with Gasteiger partial charge in [-0.3, -0.25) is 14.5 Å². The molecule has 1 fully saturated rings. The molecule has 1 aliphatic heterocycles. The quantitative estimate of drug-likeness (QED) is 0.522. The van der Waals surface area contributed by atoms with Crippen LogP contribution in [-0.2, 0) is 16.0 Å². The second-order valence-corrected chi connectivity index (χ2v) is 8.46. The molecular weight excluding hydrogens is 414 g/mol. The van der Waals surface area contributed by atoms with Gasteiger partial charge in [-0.2, -0.15) is 0 Å². The second kappa shape index (κ2) is 9.69. The fourth-order valence-electron chi connectivity index (χ4n) is 4.10. The molecule has 1 atom stereocenters. The van der Waals surface area contributed by atoms with Gasteiger partial charge in [0.15, 0.2) is 0 Å². The van der Waals surface area contributed by atoms with Gasteiger partial charge in [-0.15, -0.1) is 0 Å². The van der Waals surface area contributed by atoms with Crippen molar-refractivity contribution in [2.75, 3.05) is 6.54 Å². The smallest absolute Gasteiger partial charge is 0.325 e. The van der Waals surface area contributed by atoms with Crippen molar-refractivity contribution < 1.29 is 14.4 Å². The molecule has 0 bridgehead atoms. The van der Waals surface area contributed by atoms with Gasteiger partial charge in [0.05, 0.1) is 6.04 Å². The Bertz CT molecular complexity index is 1080. The van der Waals surface area contributed by atoms with Crippen LogP contribution in [0.3, 0.4) is 0 Å². The van der Waals surface area contributed by atoms with Crippen LogP contribution in [0.4, 0.5) is 4.79 Å². The Kier molecular flexibility index (Phi) is 6.54. The number of nitrogens with zero attached hydrogens (tertiary/aromatic N) is 1. The monoisotopic (exact) mass is 441 g/mol. The van der Waals surface area contributed by atoms with Gasteiger partial charge in [0.2, 0.25) is 5.91 Å². The van der Waals surface area contributed by atoms with Crippen LogP contribution in [0.2, 0.25) is 0 Å². The maximum Gasteiger partial charge on any atom is 0.325 e. The molecule has 168 valence electrons. The molecule has 1 heterocycles. The summed E-state index contributed by atoms with van der Waals surface area (Å²) in [5, 5.41) is 5.77. The van der Waals surface area contributed by atoms with Gasteiger partial charge in [0, 0.05) is 0 Å². The highest BCUT2D eigenvalue weighted by atomic mass is 16.2. The molecule has 0 saturated carbocycles. The Morgan fingerprint density at radius 3 is 1.94 bits per heavy atom. The van der Waals surface area contributed by atoms with E-state index in [2.05, 4.69) is 10.6 Å². The van der Waals surface area contributed by atoms with E-state index in [0.29, 0.717) is 12.8 Å². The molecule has 6 nitrogen and oxygen atoms in total. The summed E-state index contributed by atoms with van der Waals surface area (Å²) in [7, 11) is 0. The minimum absolute atomic E-state index is 0.332. The van der Waals surface area contributed by atoms with Crippen molar-refractivity contribution in [3.63, 3.8) is 0 Å². The predicted molar refractivity (Wildman–Crippen MR) is 126 cm³/mol. The first-order valence-electron chi connectivity index (χ1n) is 11.0. The minimum Gasteiger partial charge on any atom is -0.344 e. The third-order valence-corrected chi connectivity index (χ3v) is 5.97. The highest BCUT2D eigenvalue weighted by Crippen LogP contribution is 2.24. The number of aryl methyl sites for hydroxylation is 1. The van der Waals surface area contributed by atoms with Gasteiger partial charge in [0.25, 0.3) is 5.91 Å². The summed E-state index contributed by atoms with van der Waals surface area (Å²) in [6.07, 6.45) is 1.10. The SMILES string of the molecule is C[C@@]1(CCc2ccccc2)NC(=O)N(CC(=O)NC(c2ccccc2)c2ccccc2)C1=O. The van der Waals surface area contributed by atoms with E-state index in [1.54, 1.807) is 6.92 Å². The molecule has 0 spiro atoms. The number of benzene rings is 3. The Labute approximate surface area is 193 Å². The van der Waals surface area contributed by atoms with Gasteiger partial charge < -0.3 is 10.6 Å². The molecule has 0 aromatic heterocycles. The number of carbonyl (C=O) groups is 3. The van der Waals surface area contributed by atoms with Gasteiger partial charge in [-0.25, -0.2) is 4.79 Å². The lowest BCUT2D eigenvalue weighted by Gasteiger charge is -2.23. The van der Waals surface area contributed by atoms with E-state index in [1.807, 2.05) is 91.0 Å². The number of hydrogen-bond donors (Lipinski definition) is 2. The molecular formula is C27H27N3O3. The minimum atomic E-state index is -1.04. The topological polar surface area (TPSA) is 78.5 Å². The predicted octanol–water partition coefficient (Wildman–Crippen LogP) is 3.84. The molecule has 3 aromatic carbocycles. The first kappa shape index (κ1) is 22.3. The number of amides is 4. The third kappa shape index (κ3) is 5.12. The normalized spacial score (nSPS) is 17.8. The Hall–Kier alpha value is -3.93. The molecule has 0 radical (unpaired) electrons. The Morgan fingerprint density at radius 1 is 0.879 bits per heavy atom.